The summed E-state index contributed by atoms with van der Waals surface area (Å²) < 4.78 is 2.05. The molecule has 61 valence electrons. The van der Waals surface area contributed by atoms with Gasteiger partial charge in [-0.05, 0) is 0 Å². The molecule has 0 bridgehead atoms. The predicted molar refractivity (Wildman–Crippen MR) is 55.0 cm³/mol. The van der Waals surface area contributed by atoms with Gasteiger partial charge in [-0.2, -0.15) is 0 Å². The van der Waals surface area contributed by atoms with Gasteiger partial charge >= 0.3 is 80.8 Å². The van der Waals surface area contributed by atoms with E-state index in [9.17, 15) is 0 Å². The zero-order valence-corrected chi connectivity index (χ0v) is 9.86. The van der Waals surface area contributed by atoms with Gasteiger partial charge in [0.05, 0.1) is 0 Å². The van der Waals surface area contributed by atoms with Crippen LogP contribution in [0.25, 0.3) is 0 Å². The zero-order chi connectivity index (χ0) is 8.81. The van der Waals surface area contributed by atoms with Crippen molar-refractivity contribution in [1.29, 1.82) is 0 Å². The Kier molecular flexibility index (Phi) is 3.97. The van der Waals surface area contributed by atoms with Crippen molar-refractivity contribution in [2.24, 2.45) is 5.10 Å². The maximum atomic E-state index is 4.29. The fraction of sp³-hybridized carbons (Fsp3) is 0.222. The van der Waals surface area contributed by atoms with Crippen LogP contribution in [0.15, 0.2) is 35.4 Å². The average molecular weight is 218 g/mol. The molecule has 0 fully saturated rings. The third kappa shape index (κ3) is 2.75. The molecule has 1 rings (SSSR count). The van der Waals surface area contributed by atoms with Gasteiger partial charge in [0.2, 0.25) is 0 Å². The monoisotopic (exact) mass is 217 g/mol. The normalized spacial score (nSPS) is 10.2. The van der Waals surface area contributed by atoms with Crippen molar-refractivity contribution in [2.45, 2.75) is 5.48 Å². The molecule has 0 amide bonds. The van der Waals surface area contributed by atoms with Crippen LogP contribution in [0.2, 0.25) is 5.48 Å². The van der Waals surface area contributed by atoms with Crippen molar-refractivity contribution in [3.63, 3.8) is 0 Å². The Morgan fingerprint density at radius 3 is 2.58 bits per heavy atom. The summed E-state index contributed by atoms with van der Waals surface area (Å²) in [5.74, 6) is 0. The third-order valence-corrected chi connectivity index (χ3v) is 2.42. The molecular weight excluding hydrogens is 206 g/mol. The van der Waals surface area contributed by atoms with Gasteiger partial charge in [-0.3, -0.25) is 0 Å². The molecule has 0 heterocycles. The number of benzene rings is 1. The van der Waals surface area contributed by atoms with Gasteiger partial charge in [0, 0.05) is 0 Å². The molecule has 12 heavy (non-hydrogen) atoms. The summed E-state index contributed by atoms with van der Waals surface area (Å²) in [5.41, 5.74) is 3.37. The van der Waals surface area contributed by atoms with E-state index < -0.39 is 0 Å². The van der Waals surface area contributed by atoms with Crippen LogP contribution in [0.3, 0.4) is 0 Å². The Morgan fingerprint density at radius 1 is 1.33 bits per heavy atom. The van der Waals surface area contributed by atoms with Crippen molar-refractivity contribution in [3.05, 3.63) is 30.3 Å². The quantitative estimate of drug-likeness (QED) is 0.429. The molecule has 0 aliphatic carbocycles. The average Bonchev–Trinajstić information content (AvgIpc) is 2.15. The maximum absolute atomic E-state index is 4.29. The van der Waals surface area contributed by atoms with E-state index in [0.717, 1.165) is 5.69 Å². The Labute approximate surface area is 81.1 Å². The van der Waals surface area contributed by atoms with Crippen LogP contribution in [-0.4, -0.2) is 29.2 Å². The molecule has 1 aromatic carbocycles. The number of para-hydroxylation sites is 1. The number of nitrogens with zero attached hydrogens (tertiary/aromatic N) is 2. The molecule has 0 unspecified atom stereocenters. The van der Waals surface area contributed by atoms with Crippen LogP contribution in [0, 0.1) is 0 Å². The fourth-order valence-corrected chi connectivity index (χ4v) is 1.58. The molecule has 0 atom stereocenters. The fourth-order valence-electron chi connectivity index (χ4n) is 0.877. The first kappa shape index (κ1) is 9.41. The molecular formula is C9H12GaN2. The number of anilines is 1. The molecule has 3 heteroatoms. The zero-order valence-electron chi connectivity index (χ0n) is 7.44. The Balaban J connectivity index is 2.65. The Bertz CT molecular complexity index is 246. The van der Waals surface area contributed by atoms with Gasteiger partial charge in [0.1, 0.15) is 0 Å². The van der Waals surface area contributed by atoms with Crippen LogP contribution in [0.4, 0.5) is 5.69 Å². The van der Waals surface area contributed by atoms with Crippen LogP contribution < -0.4 is 5.01 Å². The van der Waals surface area contributed by atoms with Crippen molar-refractivity contribution in [1.82, 2.24) is 0 Å². The molecule has 0 aliphatic rings. The van der Waals surface area contributed by atoms with E-state index in [4.69, 9.17) is 0 Å². The third-order valence-electron chi connectivity index (χ3n) is 1.52. The molecule has 0 aliphatic heterocycles. The molecule has 0 saturated carbocycles. The topological polar surface area (TPSA) is 15.6 Å². The van der Waals surface area contributed by atoms with E-state index in [2.05, 4.69) is 27.5 Å². The van der Waals surface area contributed by atoms with Gasteiger partial charge in [-0.15, -0.1) is 0 Å². The first-order valence-corrected chi connectivity index (χ1v) is 7.77. The summed E-state index contributed by atoms with van der Waals surface area (Å²) >= 11 is -0.197. The van der Waals surface area contributed by atoms with Gasteiger partial charge in [0.15, 0.2) is 0 Å². The summed E-state index contributed by atoms with van der Waals surface area (Å²) in [4.78, 5) is 0. The van der Waals surface area contributed by atoms with Crippen LogP contribution in [-0.2, 0) is 0 Å². The SMILES string of the molecule is [CH3][Ga]/[CH]=N/N(C)c1ccccc1. The first-order chi connectivity index (χ1) is 5.84. The number of hydrogen-bond acceptors (Lipinski definition) is 2. The van der Waals surface area contributed by atoms with E-state index in [1.165, 1.54) is 0 Å². The summed E-state index contributed by atoms with van der Waals surface area (Å²) in [7, 11) is 1.97. The van der Waals surface area contributed by atoms with E-state index in [1.807, 2.05) is 30.3 Å². The van der Waals surface area contributed by atoms with Crippen molar-refractivity contribution >= 4 is 27.9 Å². The second-order valence-corrected chi connectivity index (χ2v) is 4.48. The van der Waals surface area contributed by atoms with Gasteiger partial charge in [-0.1, -0.05) is 0 Å². The minimum absolute atomic E-state index is 0.197. The summed E-state index contributed by atoms with van der Waals surface area (Å²) in [6, 6.07) is 10.2. The number of hydrogen-bond donors (Lipinski definition) is 0. The summed E-state index contributed by atoms with van der Waals surface area (Å²) in [6.45, 7) is 0. The van der Waals surface area contributed by atoms with Crippen molar-refractivity contribution in [2.75, 3.05) is 12.1 Å². The van der Waals surface area contributed by atoms with E-state index in [0.29, 0.717) is 0 Å². The van der Waals surface area contributed by atoms with E-state index in [-0.39, 0.29) is 17.4 Å². The second kappa shape index (κ2) is 5.06. The molecule has 1 aromatic rings. The Hall–Kier alpha value is -0.674. The number of rotatable bonds is 3. The standard InChI is InChI=1S/C8H9N2.CH3.Ga/c1-9-10(2)8-6-4-3-5-7-8;;/h1,3-7H,2H3;1H3;. The molecule has 1 radical (unpaired) electrons. The molecule has 0 saturated heterocycles. The second-order valence-electron chi connectivity index (χ2n) is 2.46. The summed E-state index contributed by atoms with van der Waals surface area (Å²) in [6.07, 6.45) is 0. The van der Waals surface area contributed by atoms with Gasteiger partial charge in [0.25, 0.3) is 0 Å². The summed E-state index contributed by atoms with van der Waals surface area (Å²) in [5, 5.41) is 6.19. The van der Waals surface area contributed by atoms with Crippen molar-refractivity contribution < 1.29 is 0 Å². The first-order valence-electron chi connectivity index (χ1n) is 3.95. The minimum atomic E-state index is -0.197. The molecule has 0 aromatic heterocycles. The molecule has 2 nitrogen and oxygen atoms in total. The van der Waals surface area contributed by atoms with Crippen LogP contribution in [0.5, 0.6) is 0 Å². The van der Waals surface area contributed by atoms with E-state index in [1.54, 1.807) is 0 Å². The number of hydrazone groups is 1. The molecule has 0 N–H and O–H groups in total. The van der Waals surface area contributed by atoms with E-state index >= 15 is 0 Å². The van der Waals surface area contributed by atoms with Gasteiger partial charge < -0.3 is 0 Å². The van der Waals surface area contributed by atoms with Gasteiger partial charge in [-0.25, -0.2) is 0 Å². The Morgan fingerprint density at radius 2 is 2.00 bits per heavy atom. The van der Waals surface area contributed by atoms with Crippen molar-refractivity contribution in [3.8, 4) is 0 Å². The van der Waals surface area contributed by atoms with Crippen LogP contribution in [0.1, 0.15) is 0 Å². The molecule has 0 spiro atoms. The van der Waals surface area contributed by atoms with Crippen LogP contribution >= 0.6 is 0 Å². The predicted octanol–water partition coefficient (Wildman–Crippen LogP) is 1.82.